The highest BCUT2D eigenvalue weighted by Crippen LogP contribution is 2.29. The summed E-state index contributed by atoms with van der Waals surface area (Å²) in [4.78, 5) is 28.5. The molecule has 0 aromatic carbocycles. The van der Waals surface area contributed by atoms with Crippen molar-refractivity contribution in [2.24, 2.45) is 5.92 Å². The Labute approximate surface area is 194 Å². The zero-order valence-corrected chi connectivity index (χ0v) is 18.8. The van der Waals surface area contributed by atoms with Crippen molar-refractivity contribution in [2.75, 3.05) is 18.4 Å². The molecule has 8 nitrogen and oxygen atoms in total. The lowest BCUT2D eigenvalue weighted by atomic mass is 9.90. The second kappa shape index (κ2) is 9.70. The van der Waals surface area contributed by atoms with Crippen LogP contribution in [0.5, 0.6) is 0 Å². The molecule has 1 aliphatic rings. The Morgan fingerprint density at radius 2 is 1.91 bits per heavy atom. The van der Waals surface area contributed by atoms with E-state index in [1.54, 1.807) is 29.4 Å². The quantitative estimate of drug-likeness (QED) is 0.601. The summed E-state index contributed by atoms with van der Waals surface area (Å²) in [5.74, 6) is 0.556. The van der Waals surface area contributed by atoms with Gasteiger partial charge in [-0.25, -0.2) is 15.0 Å². The van der Waals surface area contributed by atoms with Crippen molar-refractivity contribution < 1.29 is 18.0 Å². The Balaban J connectivity index is 1.57. The summed E-state index contributed by atoms with van der Waals surface area (Å²) in [5.41, 5.74) is 0.472. The molecule has 1 fully saturated rings. The first-order valence-electron chi connectivity index (χ1n) is 10.9. The monoisotopic (exact) mass is 471 g/mol. The molecule has 1 aliphatic heterocycles. The Morgan fingerprint density at radius 3 is 2.59 bits per heavy atom. The van der Waals surface area contributed by atoms with E-state index in [-0.39, 0.29) is 29.4 Å². The molecular formula is C23H24F3N7O. The molecular weight excluding hydrogens is 447 g/mol. The van der Waals surface area contributed by atoms with E-state index in [9.17, 15) is 18.0 Å². The summed E-state index contributed by atoms with van der Waals surface area (Å²) in [6, 6.07) is 7.21. The first-order chi connectivity index (χ1) is 16.2. The molecule has 0 bridgehead atoms. The topological polar surface area (TPSA) is 96.8 Å². The maximum absolute atomic E-state index is 13.7. The van der Waals surface area contributed by atoms with Crippen LogP contribution in [0.4, 0.5) is 19.0 Å². The third kappa shape index (κ3) is 5.13. The smallest absolute Gasteiger partial charge is 0.367 e. The van der Waals surface area contributed by atoms with Gasteiger partial charge < -0.3 is 10.2 Å². The molecule has 178 valence electrons. The number of carbonyl (C=O) groups excluding carboxylic acids is 1. The third-order valence-electron chi connectivity index (χ3n) is 5.87. The first-order valence-corrected chi connectivity index (χ1v) is 10.9. The number of hydrogen-bond donors (Lipinski definition) is 1. The number of anilines is 1. The predicted molar refractivity (Wildman–Crippen MR) is 119 cm³/mol. The van der Waals surface area contributed by atoms with Crippen LogP contribution in [0.15, 0.2) is 42.7 Å². The number of carbonyl (C=O) groups is 1. The molecule has 1 saturated heterocycles. The van der Waals surface area contributed by atoms with Gasteiger partial charge in [0.2, 0.25) is 0 Å². The molecule has 11 heteroatoms. The van der Waals surface area contributed by atoms with Crippen molar-refractivity contribution in [2.45, 2.75) is 38.9 Å². The minimum absolute atomic E-state index is 0.161. The minimum Gasteiger partial charge on any atom is -0.367 e. The Morgan fingerprint density at radius 1 is 1.15 bits per heavy atom. The number of piperidine rings is 1. The standard InChI is InChI=1S/C23H24F3N7O/c1-14-5-3-12-33(17(14)13-29-19-9-8-18(31-32-19)23(24,25)26)22(34)20-16(7-6-15(2)30-20)21-27-10-4-11-28-21/h4,6-11,14,17H,3,5,12-13H2,1-2H3,(H,29,32)/t14-,17?/m1/s1. The fourth-order valence-corrected chi connectivity index (χ4v) is 4.07. The van der Waals surface area contributed by atoms with Crippen LogP contribution in [0.2, 0.25) is 0 Å². The van der Waals surface area contributed by atoms with Gasteiger partial charge in [0.05, 0.1) is 11.6 Å². The van der Waals surface area contributed by atoms with Crippen LogP contribution in [-0.2, 0) is 6.18 Å². The average Bonchev–Trinajstić information content (AvgIpc) is 2.83. The van der Waals surface area contributed by atoms with Crippen LogP contribution in [0.1, 0.15) is 41.6 Å². The number of aryl methyl sites for hydroxylation is 1. The molecule has 2 atom stereocenters. The van der Waals surface area contributed by atoms with E-state index in [1.165, 1.54) is 6.07 Å². The van der Waals surface area contributed by atoms with E-state index in [4.69, 9.17) is 0 Å². The number of alkyl halides is 3. The zero-order chi connectivity index (χ0) is 24.3. The van der Waals surface area contributed by atoms with Gasteiger partial charge >= 0.3 is 6.18 Å². The number of pyridine rings is 1. The van der Waals surface area contributed by atoms with E-state index in [0.29, 0.717) is 30.2 Å². The number of rotatable bonds is 5. The summed E-state index contributed by atoms with van der Waals surface area (Å²) < 4.78 is 38.3. The molecule has 1 amide bonds. The first kappa shape index (κ1) is 23.5. The summed E-state index contributed by atoms with van der Waals surface area (Å²) in [5, 5.41) is 9.92. The van der Waals surface area contributed by atoms with Crippen LogP contribution < -0.4 is 5.32 Å². The van der Waals surface area contributed by atoms with Crippen LogP contribution in [0.25, 0.3) is 11.4 Å². The number of likely N-dealkylation sites (tertiary alicyclic amines) is 1. The number of nitrogens with zero attached hydrogens (tertiary/aromatic N) is 6. The molecule has 0 aliphatic carbocycles. The number of amides is 1. The highest BCUT2D eigenvalue weighted by atomic mass is 19.4. The lowest BCUT2D eigenvalue weighted by molar-refractivity contribution is -0.141. The Hall–Kier alpha value is -3.63. The van der Waals surface area contributed by atoms with Crippen molar-refractivity contribution in [3.8, 4) is 11.4 Å². The molecule has 1 unspecified atom stereocenters. The van der Waals surface area contributed by atoms with Crippen molar-refractivity contribution >= 4 is 11.7 Å². The molecule has 1 N–H and O–H groups in total. The fraction of sp³-hybridized carbons (Fsp3) is 0.391. The number of hydrogen-bond acceptors (Lipinski definition) is 7. The van der Waals surface area contributed by atoms with E-state index < -0.39 is 11.9 Å². The van der Waals surface area contributed by atoms with Crippen molar-refractivity contribution in [1.82, 2.24) is 30.0 Å². The van der Waals surface area contributed by atoms with Gasteiger partial charge in [-0.2, -0.15) is 13.2 Å². The predicted octanol–water partition coefficient (Wildman–Crippen LogP) is 4.01. The number of halogens is 3. The summed E-state index contributed by atoms with van der Waals surface area (Å²) >= 11 is 0. The van der Waals surface area contributed by atoms with Gasteiger partial charge in [0.15, 0.2) is 11.5 Å². The summed E-state index contributed by atoms with van der Waals surface area (Å²) in [6.45, 7) is 4.72. The van der Waals surface area contributed by atoms with Gasteiger partial charge in [-0.3, -0.25) is 4.79 Å². The largest absolute Gasteiger partial charge is 0.435 e. The molecule has 3 aromatic rings. The lowest BCUT2D eigenvalue weighted by Gasteiger charge is -2.40. The van der Waals surface area contributed by atoms with Gasteiger partial charge in [0, 0.05) is 31.2 Å². The van der Waals surface area contributed by atoms with E-state index >= 15 is 0 Å². The number of nitrogens with one attached hydrogen (secondary N) is 1. The Kier molecular flexibility index (Phi) is 6.71. The lowest BCUT2D eigenvalue weighted by Crippen LogP contribution is -2.51. The maximum atomic E-state index is 13.7. The van der Waals surface area contributed by atoms with Crippen LogP contribution in [-0.4, -0.2) is 55.1 Å². The van der Waals surface area contributed by atoms with Crippen LogP contribution in [0.3, 0.4) is 0 Å². The van der Waals surface area contributed by atoms with Gasteiger partial charge in [-0.15, -0.1) is 10.2 Å². The highest BCUT2D eigenvalue weighted by Gasteiger charge is 2.35. The van der Waals surface area contributed by atoms with Crippen molar-refractivity contribution in [3.63, 3.8) is 0 Å². The number of aromatic nitrogens is 5. The van der Waals surface area contributed by atoms with Gasteiger partial charge in [-0.1, -0.05) is 6.92 Å². The molecule has 34 heavy (non-hydrogen) atoms. The maximum Gasteiger partial charge on any atom is 0.435 e. The second-order valence-corrected chi connectivity index (χ2v) is 8.29. The van der Waals surface area contributed by atoms with Crippen LogP contribution >= 0.6 is 0 Å². The molecule has 4 heterocycles. The highest BCUT2D eigenvalue weighted by molar-refractivity contribution is 5.98. The SMILES string of the molecule is Cc1ccc(-c2ncccn2)c(C(=O)N2CCC[C@@H](C)C2CNc2ccc(C(F)(F)F)nn2)n1. The molecule has 0 radical (unpaired) electrons. The summed E-state index contributed by atoms with van der Waals surface area (Å²) in [7, 11) is 0. The summed E-state index contributed by atoms with van der Waals surface area (Å²) in [6.07, 6.45) is 0.430. The average molecular weight is 471 g/mol. The van der Waals surface area contributed by atoms with Crippen molar-refractivity contribution in [3.05, 3.63) is 59.8 Å². The normalized spacial score (nSPS) is 18.6. The molecule has 0 saturated carbocycles. The van der Waals surface area contributed by atoms with E-state index in [1.807, 2.05) is 13.0 Å². The van der Waals surface area contributed by atoms with Crippen LogP contribution in [0, 0.1) is 12.8 Å². The van der Waals surface area contributed by atoms with Gasteiger partial charge in [0.25, 0.3) is 5.91 Å². The molecule has 3 aromatic heterocycles. The molecule has 0 spiro atoms. The Bertz CT molecular complexity index is 1140. The van der Waals surface area contributed by atoms with Gasteiger partial charge in [-0.05, 0) is 56.0 Å². The van der Waals surface area contributed by atoms with E-state index in [0.717, 1.165) is 18.9 Å². The molecule has 4 rings (SSSR count). The van der Waals surface area contributed by atoms with Crippen molar-refractivity contribution in [1.29, 1.82) is 0 Å². The van der Waals surface area contributed by atoms with E-state index in [2.05, 4.69) is 37.4 Å². The fourth-order valence-electron chi connectivity index (χ4n) is 4.07. The second-order valence-electron chi connectivity index (χ2n) is 8.29. The third-order valence-corrected chi connectivity index (χ3v) is 5.87. The zero-order valence-electron chi connectivity index (χ0n) is 18.8. The van der Waals surface area contributed by atoms with Gasteiger partial charge in [0.1, 0.15) is 11.5 Å². The minimum atomic E-state index is -4.55.